The molecule has 2 aromatic rings. The van der Waals surface area contributed by atoms with Crippen LogP contribution >= 0.6 is 23.4 Å². The summed E-state index contributed by atoms with van der Waals surface area (Å²) in [5, 5.41) is 9.76. The number of imidazole rings is 1. The summed E-state index contributed by atoms with van der Waals surface area (Å²) in [6.07, 6.45) is 1.64. The molecule has 4 nitrogen and oxygen atoms in total. The number of nitrogens with zero attached hydrogens (tertiary/aromatic N) is 1. The Morgan fingerprint density at radius 2 is 2.24 bits per heavy atom. The first-order chi connectivity index (χ1) is 8.16. The van der Waals surface area contributed by atoms with Crippen molar-refractivity contribution in [3.05, 3.63) is 35.5 Å². The van der Waals surface area contributed by atoms with Crippen molar-refractivity contribution >= 4 is 29.3 Å². The van der Waals surface area contributed by atoms with Gasteiger partial charge in [0.2, 0.25) is 0 Å². The molecule has 0 aliphatic carbocycles. The van der Waals surface area contributed by atoms with Crippen LogP contribution in [0.25, 0.3) is 11.3 Å². The topological polar surface area (TPSA) is 66.0 Å². The summed E-state index contributed by atoms with van der Waals surface area (Å²) in [4.78, 5) is 17.5. The number of carboxylic acid groups (broad SMARTS) is 1. The van der Waals surface area contributed by atoms with Gasteiger partial charge in [0, 0.05) is 10.6 Å². The second-order valence-electron chi connectivity index (χ2n) is 3.26. The van der Waals surface area contributed by atoms with Gasteiger partial charge in [-0.3, -0.25) is 4.79 Å². The highest BCUT2D eigenvalue weighted by atomic mass is 35.5. The number of benzene rings is 1. The number of nitrogens with one attached hydrogen (secondary N) is 1. The van der Waals surface area contributed by atoms with Gasteiger partial charge in [0.1, 0.15) is 0 Å². The molecule has 6 heteroatoms. The van der Waals surface area contributed by atoms with Crippen LogP contribution in [0.5, 0.6) is 0 Å². The van der Waals surface area contributed by atoms with Gasteiger partial charge in [0.15, 0.2) is 5.16 Å². The van der Waals surface area contributed by atoms with Gasteiger partial charge < -0.3 is 10.1 Å². The van der Waals surface area contributed by atoms with Crippen LogP contribution in [0, 0.1) is 0 Å². The third-order valence-corrected chi connectivity index (χ3v) is 3.25. The number of rotatable bonds is 4. The Hall–Kier alpha value is -1.46. The molecule has 0 spiro atoms. The molecule has 0 saturated carbocycles. The molecule has 0 fully saturated rings. The van der Waals surface area contributed by atoms with E-state index in [9.17, 15) is 4.79 Å². The largest absolute Gasteiger partial charge is 0.481 e. The minimum Gasteiger partial charge on any atom is -0.481 e. The highest BCUT2D eigenvalue weighted by molar-refractivity contribution is 7.99. The monoisotopic (exact) mass is 268 g/mol. The second kappa shape index (κ2) is 5.25. The van der Waals surface area contributed by atoms with E-state index < -0.39 is 5.97 Å². The highest BCUT2D eigenvalue weighted by Crippen LogP contribution is 2.27. The van der Waals surface area contributed by atoms with Crippen LogP contribution in [0.4, 0.5) is 0 Å². The lowest BCUT2D eigenvalue weighted by Gasteiger charge is -1.99. The van der Waals surface area contributed by atoms with E-state index >= 15 is 0 Å². The van der Waals surface area contributed by atoms with E-state index in [0.717, 1.165) is 23.0 Å². The first-order valence-corrected chi connectivity index (χ1v) is 6.17. The quantitative estimate of drug-likeness (QED) is 0.837. The van der Waals surface area contributed by atoms with Gasteiger partial charge in [-0.15, -0.1) is 0 Å². The SMILES string of the molecule is O=C(O)CSc1ncc(-c2ccccc2Cl)[nH]1. The Morgan fingerprint density at radius 1 is 1.47 bits per heavy atom. The molecule has 0 radical (unpaired) electrons. The predicted octanol–water partition coefficient (Wildman–Crippen LogP) is 2.91. The molecule has 0 unspecified atom stereocenters. The minimum atomic E-state index is -0.870. The van der Waals surface area contributed by atoms with Crippen LogP contribution < -0.4 is 0 Å². The Labute approximate surface area is 107 Å². The fourth-order valence-corrected chi connectivity index (χ4v) is 2.13. The van der Waals surface area contributed by atoms with Crippen molar-refractivity contribution < 1.29 is 9.90 Å². The summed E-state index contributed by atoms with van der Waals surface area (Å²) in [5.41, 5.74) is 1.63. The first kappa shape index (κ1) is 12.0. The molecule has 1 aromatic carbocycles. The molecule has 2 N–H and O–H groups in total. The van der Waals surface area contributed by atoms with Crippen LogP contribution in [0.2, 0.25) is 5.02 Å². The Bertz CT molecular complexity index is 542. The van der Waals surface area contributed by atoms with Crippen molar-refractivity contribution in [1.29, 1.82) is 0 Å². The Balaban J connectivity index is 2.18. The van der Waals surface area contributed by atoms with Crippen molar-refractivity contribution in [3.8, 4) is 11.3 Å². The van der Waals surface area contributed by atoms with E-state index in [-0.39, 0.29) is 5.75 Å². The van der Waals surface area contributed by atoms with Crippen molar-refractivity contribution in [1.82, 2.24) is 9.97 Å². The fraction of sp³-hybridized carbons (Fsp3) is 0.0909. The fourth-order valence-electron chi connectivity index (χ4n) is 1.32. The molecule has 0 atom stereocenters. The maximum absolute atomic E-state index is 10.4. The third kappa shape index (κ3) is 3.01. The number of aromatic nitrogens is 2. The summed E-state index contributed by atoms with van der Waals surface area (Å²) in [6, 6.07) is 7.40. The summed E-state index contributed by atoms with van der Waals surface area (Å²) in [6.45, 7) is 0. The zero-order valence-corrected chi connectivity index (χ0v) is 10.3. The van der Waals surface area contributed by atoms with E-state index in [0.29, 0.717) is 10.2 Å². The zero-order valence-electron chi connectivity index (χ0n) is 8.68. The summed E-state index contributed by atoms with van der Waals surface area (Å²) < 4.78 is 0. The molecule has 0 amide bonds. The van der Waals surface area contributed by atoms with Crippen molar-refractivity contribution in [2.75, 3.05) is 5.75 Å². The van der Waals surface area contributed by atoms with E-state index in [1.165, 1.54) is 0 Å². The van der Waals surface area contributed by atoms with Gasteiger partial charge in [-0.25, -0.2) is 4.98 Å². The number of hydrogen-bond acceptors (Lipinski definition) is 3. The summed E-state index contributed by atoms with van der Waals surface area (Å²) >= 11 is 7.19. The van der Waals surface area contributed by atoms with Crippen molar-refractivity contribution in [2.24, 2.45) is 0 Å². The van der Waals surface area contributed by atoms with Crippen LogP contribution in [0.3, 0.4) is 0 Å². The molecular weight excluding hydrogens is 260 g/mol. The summed E-state index contributed by atoms with van der Waals surface area (Å²) in [5.74, 6) is -0.888. The van der Waals surface area contributed by atoms with E-state index in [1.807, 2.05) is 18.2 Å². The molecule has 1 heterocycles. The number of carboxylic acids is 1. The molecule has 1 aromatic heterocycles. The number of halogens is 1. The smallest absolute Gasteiger partial charge is 0.313 e. The Kier molecular flexibility index (Phi) is 3.71. The number of thioether (sulfide) groups is 1. The van der Waals surface area contributed by atoms with Crippen LogP contribution in [0.15, 0.2) is 35.6 Å². The van der Waals surface area contributed by atoms with E-state index in [1.54, 1.807) is 12.3 Å². The Morgan fingerprint density at radius 3 is 2.94 bits per heavy atom. The van der Waals surface area contributed by atoms with E-state index in [4.69, 9.17) is 16.7 Å². The molecule has 0 aliphatic rings. The van der Waals surface area contributed by atoms with Gasteiger partial charge in [-0.1, -0.05) is 41.6 Å². The zero-order chi connectivity index (χ0) is 12.3. The normalized spacial score (nSPS) is 10.4. The van der Waals surface area contributed by atoms with Gasteiger partial charge in [0.25, 0.3) is 0 Å². The molecule has 0 saturated heterocycles. The van der Waals surface area contributed by atoms with Gasteiger partial charge >= 0.3 is 5.97 Å². The average Bonchev–Trinajstić information content (AvgIpc) is 2.75. The average molecular weight is 269 g/mol. The number of aliphatic carboxylic acids is 1. The van der Waals surface area contributed by atoms with Crippen molar-refractivity contribution in [3.63, 3.8) is 0 Å². The minimum absolute atomic E-state index is 0.0184. The maximum atomic E-state index is 10.4. The van der Waals surface area contributed by atoms with Gasteiger partial charge in [-0.2, -0.15) is 0 Å². The molecular formula is C11H9ClN2O2S. The van der Waals surface area contributed by atoms with Crippen LogP contribution in [-0.2, 0) is 4.79 Å². The standard InChI is InChI=1S/C11H9ClN2O2S/c12-8-4-2-1-3-7(8)9-5-13-11(14-9)17-6-10(15)16/h1-5H,6H2,(H,13,14)(H,15,16). The molecule has 0 aliphatic heterocycles. The third-order valence-electron chi connectivity index (χ3n) is 2.05. The van der Waals surface area contributed by atoms with E-state index in [2.05, 4.69) is 9.97 Å². The van der Waals surface area contributed by atoms with Crippen LogP contribution in [0.1, 0.15) is 0 Å². The lowest BCUT2D eigenvalue weighted by molar-refractivity contribution is -0.133. The molecule has 2 rings (SSSR count). The number of H-pyrrole nitrogens is 1. The van der Waals surface area contributed by atoms with Crippen molar-refractivity contribution in [2.45, 2.75) is 5.16 Å². The number of hydrogen-bond donors (Lipinski definition) is 2. The first-order valence-electron chi connectivity index (χ1n) is 4.81. The lowest BCUT2D eigenvalue weighted by atomic mass is 10.2. The molecule has 17 heavy (non-hydrogen) atoms. The van der Waals surface area contributed by atoms with Gasteiger partial charge in [-0.05, 0) is 6.07 Å². The van der Waals surface area contributed by atoms with Crippen LogP contribution in [-0.4, -0.2) is 26.8 Å². The molecule has 88 valence electrons. The van der Waals surface area contributed by atoms with Gasteiger partial charge in [0.05, 0.1) is 17.6 Å². The summed E-state index contributed by atoms with van der Waals surface area (Å²) in [7, 11) is 0. The highest BCUT2D eigenvalue weighted by Gasteiger charge is 2.08. The second-order valence-corrected chi connectivity index (χ2v) is 4.64. The maximum Gasteiger partial charge on any atom is 0.313 e. The predicted molar refractivity (Wildman–Crippen MR) is 67.4 cm³/mol. The number of aromatic amines is 1. The molecule has 0 bridgehead atoms. The lowest BCUT2D eigenvalue weighted by Crippen LogP contribution is -1.97. The number of carbonyl (C=O) groups is 1.